The van der Waals surface area contributed by atoms with Gasteiger partial charge in [-0.3, -0.25) is 0 Å². The van der Waals surface area contributed by atoms with E-state index in [0.717, 1.165) is 11.3 Å². The van der Waals surface area contributed by atoms with Crippen LogP contribution in [-0.4, -0.2) is 10.7 Å². The number of thioether (sulfide) groups is 1. The van der Waals surface area contributed by atoms with Gasteiger partial charge < -0.3 is 0 Å². The van der Waals surface area contributed by atoms with Crippen LogP contribution in [0.2, 0.25) is 5.15 Å². The Hall–Kier alpha value is -0.210. The second kappa shape index (κ2) is 7.13. The van der Waals surface area contributed by atoms with Gasteiger partial charge in [0.2, 0.25) is 0 Å². The van der Waals surface area contributed by atoms with Gasteiger partial charge in [-0.15, -0.1) is 0 Å². The number of hydrogen-bond donors (Lipinski definition) is 0. The van der Waals surface area contributed by atoms with Gasteiger partial charge in [0, 0.05) is 11.9 Å². The molecule has 1 nitrogen and oxygen atoms in total. The molecule has 78 valence electrons. The van der Waals surface area contributed by atoms with Crippen LogP contribution in [0.4, 0.5) is 0 Å². The maximum absolute atomic E-state index is 5.94. The van der Waals surface area contributed by atoms with Crippen molar-refractivity contribution in [3.8, 4) is 0 Å². The summed E-state index contributed by atoms with van der Waals surface area (Å²) < 4.78 is 0. The minimum absolute atomic E-state index is 0.649. The molecule has 0 saturated heterocycles. The summed E-state index contributed by atoms with van der Waals surface area (Å²) in [6.45, 7) is 2.22. The predicted molar refractivity (Wildman–Crippen MR) is 64.9 cm³/mol. The smallest absolute Gasteiger partial charge is 0.133 e. The molecule has 0 aromatic carbocycles. The fourth-order valence-electron chi connectivity index (χ4n) is 1.16. The summed E-state index contributed by atoms with van der Waals surface area (Å²) in [5.74, 6) is 2.20. The average molecular weight is 230 g/mol. The molecule has 0 aliphatic heterocycles. The molecular formula is C11H16ClNS. The molecule has 1 rings (SSSR count). The largest absolute Gasteiger partial charge is 0.244 e. The Labute approximate surface area is 95.3 Å². The van der Waals surface area contributed by atoms with E-state index in [1.807, 2.05) is 23.9 Å². The molecule has 0 radical (unpaired) electrons. The monoisotopic (exact) mass is 229 g/mol. The van der Waals surface area contributed by atoms with Crippen LogP contribution in [0.15, 0.2) is 18.3 Å². The van der Waals surface area contributed by atoms with E-state index >= 15 is 0 Å². The van der Waals surface area contributed by atoms with Crippen LogP contribution in [-0.2, 0) is 5.75 Å². The van der Waals surface area contributed by atoms with Gasteiger partial charge in [-0.25, -0.2) is 4.98 Å². The highest BCUT2D eigenvalue weighted by atomic mass is 35.5. The van der Waals surface area contributed by atoms with Crippen molar-refractivity contribution < 1.29 is 0 Å². The van der Waals surface area contributed by atoms with Crippen LogP contribution in [0.3, 0.4) is 0 Å². The maximum Gasteiger partial charge on any atom is 0.133 e. The van der Waals surface area contributed by atoms with Crippen LogP contribution < -0.4 is 0 Å². The number of halogens is 1. The zero-order valence-corrected chi connectivity index (χ0v) is 10.1. The fraction of sp³-hybridized carbons (Fsp3) is 0.545. The first-order valence-electron chi connectivity index (χ1n) is 5.01. The third-order valence-electron chi connectivity index (χ3n) is 1.99. The summed E-state index contributed by atoms with van der Waals surface area (Å²) in [5.41, 5.74) is 1.15. The van der Waals surface area contributed by atoms with Gasteiger partial charge in [0.05, 0.1) is 0 Å². The van der Waals surface area contributed by atoms with Crippen molar-refractivity contribution in [1.29, 1.82) is 0 Å². The van der Waals surface area contributed by atoms with Crippen molar-refractivity contribution in [2.75, 3.05) is 5.75 Å². The van der Waals surface area contributed by atoms with Gasteiger partial charge in [-0.1, -0.05) is 37.4 Å². The Morgan fingerprint density at radius 2 is 2.29 bits per heavy atom. The number of unbranched alkanes of at least 4 members (excludes halogenated alkanes) is 2. The van der Waals surface area contributed by atoms with Crippen molar-refractivity contribution in [3.63, 3.8) is 0 Å². The highest BCUT2D eigenvalue weighted by molar-refractivity contribution is 7.98. The van der Waals surface area contributed by atoms with E-state index in [1.54, 1.807) is 6.20 Å². The lowest BCUT2D eigenvalue weighted by atomic mass is 10.3. The lowest BCUT2D eigenvalue weighted by Crippen LogP contribution is -1.87. The molecule has 1 aromatic rings. The normalized spacial score (nSPS) is 10.4. The minimum atomic E-state index is 0.649. The maximum atomic E-state index is 5.94. The van der Waals surface area contributed by atoms with Crippen molar-refractivity contribution >= 4 is 23.4 Å². The van der Waals surface area contributed by atoms with E-state index in [9.17, 15) is 0 Å². The Bertz CT molecular complexity index is 265. The number of nitrogens with zero attached hydrogens (tertiary/aromatic N) is 1. The van der Waals surface area contributed by atoms with E-state index < -0.39 is 0 Å². The summed E-state index contributed by atoms with van der Waals surface area (Å²) in [6, 6.07) is 3.98. The second-order valence-corrected chi connectivity index (χ2v) is 4.68. The summed E-state index contributed by atoms with van der Waals surface area (Å²) in [6.07, 6.45) is 5.65. The van der Waals surface area contributed by atoms with Gasteiger partial charge in [0.15, 0.2) is 0 Å². The topological polar surface area (TPSA) is 12.9 Å². The number of pyridine rings is 1. The van der Waals surface area contributed by atoms with E-state index in [1.165, 1.54) is 25.0 Å². The second-order valence-electron chi connectivity index (χ2n) is 3.21. The van der Waals surface area contributed by atoms with Crippen LogP contribution in [0.5, 0.6) is 0 Å². The standard InChI is InChI=1S/C11H16ClNS/c1-2-3-4-8-14-9-10-6-5-7-13-11(10)12/h5-7H,2-4,8-9H2,1H3. The molecule has 0 atom stereocenters. The van der Waals surface area contributed by atoms with Crippen molar-refractivity contribution in [2.45, 2.75) is 31.9 Å². The molecule has 0 aliphatic carbocycles. The summed E-state index contributed by atoms with van der Waals surface area (Å²) in [5, 5.41) is 0.649. The highest BCUT2D eigenvalue weighted by Gasteiger charge is 1.99. The number of rotatable bonds is 6. The number of hydrogen-bond acceptors (Lipinski definition) is 2. The Kier molecular flexibility index (Phi) is 6.04. The first kappa shape index (κ1) is 11.9. The van der Waals surface area contributed by atoms with Crippen LogP contribution in [0.25, 0.3) is 0 Å². The van der Waals surface area contributed by atoms with E-state index in [4.69, 9.17) is 11.6 Å². The molecule has 0 N–H and O–H groups in total. The van der Waals surface area contributed by atoms with Crippen LogP contribution in [0, 0.1) is 0 Å². The SMILES string of the molecule is CCCCCSCc1cccnc1Cl. The van der Waals surface area contributed by atoms with Crippen molar-refractivity contribution in [3.05, 3.63) is 29.0 Å². The molecule has 1 aromatic heterocycles. The third kappa shape index (κ3) is 4.34. The molecule has 14 heavy (non-hydrogen) atoms. The molecular weight excluding hydrogens is 214 g/mol. The van der Waals surface area contributed by atoms with E-state index in [-0.39, 0.29) is 0 Å². The summed E-state index contributed by atoms with van der Waals surface area (Å²) in [7, 11) is 0. The van der Waals surface area contributed by atoms with Crippen molar-refractivity contribution in [2.24, 2.45) is 0 Å². The molecule has 0 spiro atoms. The first-order valence-corrected chi connectivity index (χ1v) is 6.55. The predicted octanol–water partition coefficient (Wildman–Crippen LogP) is 4.16. The molecule has 0 fully saturated rings. The van der Waals surface area contributed by atoms with Gasteiger partial charge in [-0.2, -0.15) is 11.8 Å². The van der Waals surface area contributed by atoms with Gasteiger partial charge >= 0.3 is 0 Å². The first-order chi connectivity index (χ1) is 6.84. The van der Waals surface area contributed by atoms with Crippen LogP contribution >= 0.6 is 23.4 Å². The number of aromatic nitrogens is 1. The third-order valence-corrected chi connectivity index (χ3v) is 3.42. The summed E-state index contributed by atoms with van der Waals surface area (Å²) in [4.78, 5) is 4.05. The molecule has 0 aliphatic rings. The lowest BCUT2D eigenvalue weighted by Gasteiger charge is -2.02. The summed E-state index contributed by atoms with van der Waals surface area (Å²) >= 11 is 7.88. The molecule has 0 amide bonds. The molecule has 0 unspecified atom stereocenters. The molecule has 0 bridgehead atoms. The zero-order chi connectivity index (χ0) is 10.2. The van der Waals surface area contributed by atoms with Crippen LogP contribution in [0.1, 0.15) is 31.7 Å². The zero-order valence-electron chi connectivity index (χ0n) is 8.50. The molecule has 0 saturated carbocycles. The Morgan fingerprint density at radius 1 is 1.43 bits per heavy atom. The Morgan fingerprint density at radius 3 is 3.00 bits per heavy atom. The van der Waals surface area contributed by atoms with Gasteiger partial charge in [0.25, 0.3) is 0 Å². The van der Waals surface area contributed by atoms with Gasteiger partial charge in [-0.05, 0) is 23.8 Å². The highest BCUT2D eigenvalue weighted by Crippen LogP contribution is 2.19. The van der Waals surface area contributed by atoms with Gasteiger partial charge in [0.1, 0.15) is 5.15 Å². The minimum Gasteiger partial charge on any atom is -0.244 e. The fourth-order valence-corrected chi connectivity index (χ4v) is 2.43. The van der Waals surface area contributed by atoms with E-state index in [0.29, 0.717) is 5.15 Å². The Balaban J connectivity index is 2.21. The van der Waals surface area contributed by atoms with E-state index in [2.05, 4.69) is 11.9 Å². The quantitative estimate of drug-likeness (QED) is 0.537. The van der Waals surface area contributed by atoms with Crippen molar-refractivity contribution in [1.82, 2.24) is 4.98 Å². The molecule has 3 heteroatoms. The molecule has 1 heterocycles. The average Bonchev–Trinajstić information content (AvgIpc) is 2.20. The lowest BCUT2D eigenvalue weighted by molar-refractivity contribution is 0.778.